The van der Waals surface area contributed by atoms with Crippen molar-refractivity contribution in [3.05, 3.63) is 0 Å². The highest BCUT2D eigenvalue weighted by Gasteiger charge is 2.39. The second kappa shape index (κ2) is 40.4. The van der Waals surface area contributed by atoms with Crippen molar-refractivity contribution in [1.82, 2.24) is 4.90 Å². The molecule has 2 fully saturated rings. The fourth-order valence-electron chi connectivity index (χ4n) is 9.53. The molecule has 1 aliphatic heterocycles. The van der Waals surface area contributed by atoms with E-state index in [1.54, 1.807) is 0 Å². The Bertz CT molecular complexity index is 940. The summed E-state index contributed by atoms with van der Waals surface area (Å²) in [6.45, 7) is 70.6. The molecule has 2 aliphatic rings. The van der Waals surface area contributed by atoms with E-state index in [9.17, 15) is 4.79 Å². The van der Waals surface area contributed by atoms with Gasteiger partial charge in [0, 0.05) is 23.4 Å². The molecule has 1 saturated carbocycles. The highest BCUT2D eigenvalue weighted by Crippen LogP contribution is 2.46. The van der Waals surface area contributed by atoms with E-state index in [-0.39, 0.29) is 10.8 Å². The van der Waals surface area contributed by atoms with E-state index in [0.29, 0.717) is 34.0 Å². The second-order valence-corrected chi connectivity index (χ2v) is 27.4. The van der Waals surface area contributed by atoms with Crippen molar-refractivity contribution in [2.24, 2.45) is 56.7 Å². The standard InChI is InChI=1S/C21H44.C12H25N.C11H22O.C8H16.C4H10.C3H8.2C2H6/c1-9-10-11-12-13-14-15-16-17-18(2)19(20(3,4)5)21(6,7)8;1-11(2,3)10-8-7-9-13(10)12(4,5)6;1-10(2,3)8-7-9(12)11(4,5)6;1-7-3-5-8(2)6-4-7;1-4(2)3;1-3-2;2*1-2/h18-19H,9-17H2,1-8H3;10H,7-9H2,1-6H3;7-8H2,1-6H3;7-8H,3-6H2,1-2H3;4H,1-3H3;3H2,1-2H3;2*1-2H3. The van der Waals surface area contributed by atoms with Gasteiger partial charge in [-0.25, -0.2) is 0 Å². The largest absolute Gasteiger partial charge is 0.299 e. The number of carbonyl (C=O) groups is 1. The molecule has 0 spiro atoms. The normalized spacial score (nSPS) is 18.4. The van der Waals surface area contributed by atoms with Crippen molar-refractivity contribution >= 4 is 5.78 Å². The van der Waals surface area contributed by atoms with Gasteiger partial charge in [0.2, 0.25) is 0 Å². The smallest absolute Gasteiger partial charge is 0.138 e. The maximum absolute atomic E-state index is 11.5. The van der Waals surface area contributed by atoms with Gasteiger partial charge in [-0.05, 0) is 97.8 Å². The quantitative estimate of drug-likeness (QED) is 0.182. The molecule has 1 saturated heterocycles. The fraction of sp³-hybridized carbons (Fsp3) is 0.984. The van der Waals surface area contributed by atoms with Crippen molar-refractivity contribution in [2.75, 3.05) is 6.54 Å². The summed E-state index contributed by atoms with van der Waals surface area (Å²) in [4.78, 5) is 14.2. The van der Waals surface area contributed by atoms with Crippen LogP contribution < -0.4 is 0 Å². The number of ketones is 1. The molecule has 2 nitrogen and oxygen atoms in total. The number of likely N-dealkylation sites (tertiary alicyclic amines) is 1. The predicted octanol–water partition coefficient (Wildman–Crippen LogP) is 22.5. The van der Waals surface area contributed by atoms with Crippen molar-refractivity contribution in [3.8, 4) is 0 Å². The molecular formula is C63H137NO. The lowest BCUT2D eigenvalue weighted by Crippen LogP contribution is -2.49. The van der Waals surface area contributed by atoms with Crippen LogP contribution in [0.2, 0.25) is 0 Å². The molecule has 1 heterocycles. The van der Waals surface area contributed by atoms with Gasteiger partial charge in [0.05, 0.1) is 0 Å². The predicted molar refractivity (Wildman–Crippen MR) is 307 cm³/mol. The average Bonchev–Trinajstić information content (AvgIpc) is 3.67. The lowest BCUT2D eigenvalue weighted by atomic mass is 9.61. The van der Waals surface area contributed by atoms with Crippen LogP contribution in [0.3, 0.4) is 0 Å². The Morgan fingerprint density at radius 2 is 0.892 bits per heavy atom. The van der Waals surface area contributed by atoms with E-state index in [2.05, 4.69) is 171 Å². The molecule has 2 atom stereocenters. The van der Waals surface area contributed by atoms with Gasteiger partial charge in [-0.3, -0.25) is 9.69 Å². The van der Waals surface area contributed by atoms with E-state index < -0.39 is 0 Å². The van der Waals surface area contributed by atoms with Crippen molar-refractivity contribution < 1.29 is 4.79 Å². The first-order valence-electron chi connectivity index (χ1n) is 28.7. The first-order valence-corrected chi connectivity index (χ1v) is 28.7. The Kier molecular flexibility index (Phi) is 47.3. The Balaban J connectivity index is -0.000000172. The SMILES string of the molecule is CC.CC.CC(C)(C)C1CCCN1C(C)(C)C.CC(C)(C)CCC(=O)C(C)(C)C.CC(C)C.CC1CCC(C)CC1.CCC.CCCCCCCCCCC(C)C(C(C)(C)C)C(C)(C)C. The van der Waals surface area contributed by atoms with Gasteiger partial charge >= 0.3 is 0 Å². The van der Waals surface area contributed by atoms with Gasteiger partial charge in [0.1, 0.15) is 5.78 Å². The van der Waals surface area contributed by atoms with Crippen LogP contribution in [0.15, 0.2) is 0 Å². The van der Waals surface area contributed by atoms with Gasteiger partial charge in [-0.15, -0.1) is 0 Å². The van der Waals surface area contributed by atoms with E-state index in [4.69, 9.17) is 0 Å². The van der Waals surface area contributed by atoms with Crippen LogP contribution in [0.5, 0.6) is 0 Å². The molecule has 400 valence electrons. The minimum atomic E-state index is -0.161. The first-order chi connectivity index (χ1) is 29.4. The van der Waals surface area contributed by atoms with Crippen LogP contribution in [0, 0.1) is 56.7 Å². The second-order valence-electron chi connectivity index (χ2n) is 27.4. The molecule has 0 aromatic rings. The van der Waals surface area contributed by atoms with Gasteiger partial charge in [-0.2, -0.15) is 0 Å². The number of nitrogens with zero attached hydrogens (tertiary/aromatic N) is 1. The van der Waals surface area contributed by atoms with Gasteiger partial charge < -0.3 is 0 Å². The lowest BCUT2D eigenvalue weighted by Gasteiger charge is -2.45. The summed E-state index contributed by atoms with van der Waals surface area (Å²) >= 11 is 0. The van der Waals surface area contributed by atoms with E-state index >= 15 is 0 Å². The molecule has 1 aliphatic carbocycles. The average molecular weight is 925 g/mol. The Labute approximate surface area is 418 Å². The highest BCUT2D eigenvalue weighted by atomic mass is 16.1. The summed E-state index contributed by atoms with van der Waals surface area (Å²) in [5, 5.41) is 0. The zero-order valence-electron chi connectivity index (χ0n) is 52.3. The number of hydrogen-bond acceptors (Lipinski definition) is 2. The maximum Gasteiger partial charge on any atom is 0.138 e. The molecule has 0 aromatic heterocycles. The zero-order chi connectivity index (χ0) is 53.1. The van der Waals surface area contributed by atoms with Gasteiger partial charge in [-0.1, -0.05) is 284 Å². The van der Waals surface area contributed by atoms with E-state index in [1.807, 2.05) is 48.5 Å². The third-order valence-corrected chi connectivity index (χ3v) is 12.3. The Hall–Kier alpha value is -0.370. The van der Waals surface area contributed by atoms with Crippen molar-refractivity contribution in [1.29, 1.82) is 0 Å². The summed E-state index contributed by atoms with van der Waals surface area (Å²) in [5.74, 6) is 4.88. The summed E-state index contributed by atoms with van der Waals surface area (Å²) in [6, 6.07) is 0.771. The van der Waals surface area contributed by atoms with Crippen molar-refractivity contribution in [2.45, 2.75) is 342 Å². The molecule has 0 aromatic carbocycles. The number of Topliss-reactive ketones (excluding diaryl/α,β-unsaturated/α-hetero) is 1. The van der Waals surface area contributed by atoms with Gasteiger partial charge in [0.15, 0.2) is 0 Å². The maximum atomic E-state index is 11.5. The summed E-state index contributed by atoms with van der Waals surface area (Å²) in [5.41, 5.74) is 1.72. The molecule has 0 radical (unpaired) electrons. The van der Waals surface area contributed by atoms with Crippen LogP contribution in [0.1, 0.15) is 330 Å². The molecule has 2 heteroatoms. The first kappa shape index (κ1) is 76.1. The summed E-state index contributed by atoms with van der Waals surface area (Å²) in [6.07, 6.45) is 24.5. The molecule has 2 rings (SSSR count). The minimum absolute atomic E-state index is 0.161. The topological polar surface area (TPSA) is 20.3 Å². The van der Waals surface area contributed by atoms with E-state index in [1.165, 1.54) is 109 Å². The molecule has 0 bridgehead atoms. The van der Waals surface area contributed by atoms with Gasteiger partial charge in [0.25, 0.3) is 0 Å². The van der Waals surface area contributed by atoms with Crippen LogP contribution in [-0.4, -0.2) is 28.8 Å². The number of carbonyl (C=O) groups excluding carboxylic acids is 1. The molecule has 0 amide bonds. The summed E-state index contributed by atoms with van der Waals surface area (Å²) < 4.78 is 0. The molecule has 0 N–H and O–H groups in total. The monoisotopic (exact) mass is 924 g/mol. The van der Waals surface area contributed by atoms with E-state index in [0.717, 1.165) is 42.1 Å². The van der Waals surface area contributed by atoms with Crippen LogP contribution in [-0.2, 0) is 4.79 Å². The highest BCUT2D eigenvalue weighted by molar-refractivity contribution is 5.83. The van der Waals surface area contributed by atoms with Crippen LogP contribution >= 0.6 is 0 Å². The zero-order valence-corrected chi connectivity index (χ0v) is 52.3. The molecule has 2 unspecified atom stereocenters. The van der Waals surface area contributed by atoms with Crippen LogP contribution in [0.4, 0.5) is 0 Å². The summed E-state index contributed by atoms with van der Waals surface area (Å²) in [7, 11) is 0. The Morgan fingerprint density at radius 3 is 1.15 bits per heavy atom. The molecular weight excluding hydrogens is 787 g/mol. The number of rotatable bonds is 12. The lowest BCUT2D eigenvalue weighted by molar-refractivity contribution is -0.126. The Morgan fingerprint density at radius 1 is 0.554 bits per heavy atom. The number of hydrogen-bond donors (Lipinski definition) is 0. The molecule has 65 heavy (non-hydrogen) atoms. The van der Waals surface area contributed by atoms with Crippen LogP contribution in [0.25, 0.3) is 0 Å². The van der Waals surface area contributed by atoms with Crippen molar-refractivity contribution in [3.63, 3.8) is 0 Å². The fourth-order valence-corrected chi connectivity index (χ4v) is 9.53. The third kappa shape index (κ3) is 49.8. The third-order valence-electron chi connectivity index (χ3n) is 12.3. The number of unbranched alkanes of at least 4 members (excludes halogenated alkanes) is 7. The minimum Gasteiger partial charge on any atom is -0.299 e.